The Labute approximate surface area is 110 Å². The summed E-state index contributed by atoms with van der Waals surface area (Å²) < 4.78 is 5.29. The van der Waals surface area contributed by atoms with E-state index in [4.69, 9.17) is 10.5 Å². The lowest BCUT2D eigenvalue weighted by atomic mass is 9.95. The van der Waals surface area contributed by atoms with Gasteiger partial charge in [-0.05, 0) is 23.6 Å². The molecule has 3 heteroatoms. The highest BCUT2D eigenvalue weighted by molar-refractivity contribution is 5.32. The molecule has 2 rings (SSSR count). The van der Waals surface area contributed by atoms with E-state index in [0.717, 1.165) is 25.4 Å². The largest absolute Gasteiger partial charge is 0.497 e. The van der Waals surface area contributed by atoms with Crippen LogP contribution in [0.4, 0.5) is 0 Å². The standard InChI is InChI=1S/C15H24N2O/c1-11(2)8-17-9-14(15(16)10-17)12-5-4-6-13(7-12)18-3/h4-7,11,14-15H,8-10,16H2,1-3H3. The van der Waals surface area contributed by atoms with Gasteiger partial charge in [0.05, 0.1) is 7.11 Å². The first-order valence-corrected chi connectivity index (χ1v) is 6.72. The Kier molecular flexibility index (Phi) is 4.25. The van der Waals surface area contributed by atoms with Crippen LogP contribution in [0.1, 0.15) is 25.3 Å². The third-order valence-corrected chi connectivity index (χ3v) is 3.59. The molecule has 1 heterocycles. The summed E-state index contributed by atoms with van der Waals surface area (Å²) in [4.78, 5) is 2.47. The van der Waals surface area contributed by atoms with Gasteiger partial charge in [0, 0.05) is 31.6 Å². The highest BCUT2D eigenvalue weighted by Gasteiger charge is 2.31. The van der Waals surface area contributed by atoms with E-state index in [2.05, 4.69) is 30.9 Å². The Hall–Kier alpha value is -1.06. The van der Waals surface area contributed by atoms with Crippen molar-refractivity contribution in [2.45, 2.75) is 25.8 Å². The fourth-order valence-corrected chi connectivity index (χ4v) is 2.80. The van der Waals surface area contributed by atoms with Crippen LogP contribution in [0.5, 0.6) is 5.75 Å². The minimum Gasteiger partial charge on any atom is -0.497 e. The van der Waals surface area contributed by atoms with Crippen LogP contribution in [0.15, 0.2) is 24.3 Å². The van der Waals surface area contributed by atoms with Crippen molar-refractivity contribution in [3.63, 3.8) is 0 Å². The first-order valence-electron chi connectivity index (χ1n) is 6.72. The van der Waals surface area contributed by atoms with Crippen molar-refractivity contribution in [3.8, 4) is 5.75 Å². The maximum Gasteiger partial charge on any atom is 0.119 e. The molecule has 3 nitrogen and oxygen atoms in total. The van der Waals surface area contributed by atoms with Gasteiger partial charge < -0.3 is 15.4 Å². The zero-order valence-corrected chi connectivity index (χ0v) is 11.6. The molecule has 1 aromatic rings. The van der Waals surface area contributed by atoms with Crippen LogP contribution in [0, 0.1) is 5.92 Å². The second-order valence-electron chi connectivity index (χ2n) is 5.66. The first kappa shape index (κ1) is 13.4. The van der Waals surface area contributed by atoms with Crippen molar-refractivity contribution in [2.24, 2.45) is 11.7 Å². The molecule has 0 saturated carbocycles. The molecule has 1 fully saturated rings. The first-order chi connectivity index (χ1) is 8.60. The molecule has 0 amide bonds. The second kappa shape index (κ2) is 5.72. The Bertz CT molecular complexity index is 392. The van der Waals surface area contributed by atoms with Gasteiger partial charge in [-0.25, -0.2) is 0 Å². The Morgan fingerprint density at radius 3 is 2.83 bits per heavy atom. The molecule has 2 atom stereocenters. The highest BCUT2D eigenvalue weighted by Crippen LogP contribution is 2.29. The predicted molar refractivity (Wildman–Crippen MR) is 75.0 cm³/mol. The van der Waals surface area contributed by atoms with Crippen molar-refractivity contribution in [3.05, 3.63) is 29.8 Å². The quantitative estimate of drug-likeness (QED) is 0.886. The maximum absolute atomic E-state index is 6.29. The number of likely N-dealkylation sites (tertiary alicyclic amines) is 1. The molecule has 0 bridgehead atoms. The van der Waals surface area contributed by atoms with E-state index in [1.54, 1.807) is 7.11 Å². The van der Waals surface area contributed by atoms with Crippen molar-refractivity contribution < 1.29 is 4.74 Å². The minimum absolute atomic E-state index is 0.232. The molecule has 0 spiro atoms. The van der Waals surface area contributed by atoms with Crippen molar-refractivity contribution in [2.75, 3.05) is 26.7 Å². The van der Waals surface area contributed by atoms with Gasteiger partial charge in [-0.2, -0.15) is 0 Å². The average molecular weight is 248 g/mol. The zero-order chi connectivity index (χ0) is 13.1. The summed E-state index contributed by atoms with van der Waals surface area (Å²) in [7, 11) is 1.71. The van der Waals surface area contributed by atoms with Gasteiger partial charge in [-0.15, -0.1) is 0 Å². The van der Waals surface area contributed by atoms with E-state index in [1.807, 2.05) is 12.1 Å². The molecule has 18 heavy (non-hydrogen) atoms. The monoisotopic (exact) mass is 248 g/mol. The van der Waals surface area contributed by atoms with Gasteiger partial charge in [-0.1, -0.05) is 26.0 Å². The van der Waals surface area contributed by atoms with Gasteiger partial charge in [-0.3, -0.25) is 0 Å². The normalized spacial score (nSPS) is 24.7. The van der Waals surface area contributed by atoms with Crippen LogP contribution in [0.25, 0.3) is 0 Å². The Balaban J connectivity index is 2.08. The lowest BCUT2D eigenvalue weighted by Gasteiger charge is -2.18. The number of ether oxygens (including phenoxy) is 1. The number of benzene rings is 1. The summed E-state index contributed by atoms with van der Waals surface area (Å²) in [5, 5.41) is 0. The molecular weight excluding hydrogens is 224 g/mol. The lowest BCUT2D eigenvalue weighted by Crippen LogP contribution is -2.30. The summed E-state index contributed by atoms with van der Waals surface area (Å²) in [6.45, 7) is 7.70. The van der Waals surface area contributed by atoms with Crippen LogP contribution in [0.2, 0.25) is 0 Å². The van der Waals surface area contributed by atoms with E-state index in [9.17, 15) is 0 Å². The highest BCUT2D eigenvalue weighted by atomic mass is 16.5. The van der Waals surface area contributed by atoms with Crippen LogP contribution >= 0.6 is 0 Å². The zero-order valence-electron chi connectivity index (χ0n) is 11.6. The summed E-state index contributed by atoms with van der Waals surface area (Å²) >= 11 is 0. The lowest BCUT2D eigenvalue weighted by molar-refractivity contribution is 0.292. The topological polar surface area (TPSA) is 38.5 Å². The van der Waals surface area contributed by atoms with E-state index in [1.165, 1.54) is 5.56 Å². The molecule has 1 aliphatic rings. The van der Waals surface area contributed by atoms with E-state index in [0.29, 0.717) is 11.8 Å². The maximum atomic E-state index is 6.29. The number of rotatable bonds is 4. The second-order valence-corrected chi connectivity index (χ2v) is 5.66. The molecule has 1 aromatic carbocycles. The SMILES string of the molecule is COc1cccc(C2CN(CC(C)C)CC2N)c1. The summed E-state index contributed by atoms with van der Waals surface area (Å²) in [6.07, 6.45) is 0. The minimum atomic E-state index is 0.232. The molecule has 0 aromatic heterocycles. The fourth-order valence-electron chi connectivity index (χ4n) is 2.80. The van der Waals surface area contributed by atoms with Gasteiger partial charge in [0.15, 0.2) is 0 Å². The fraction of sp³-hybridized carbons (Fsp3) is 0.600. The van der Waals surface area contributed by atoms with Crippen LogP contribution in [-0.4, -0.2) is 37.7 Å². The van der Waals surface area contributed by atoms with E-state index in [-0.39, 0.29) is 6.04 Å². The number of nitrogens with two attached hydrogens (primary N) is 1. The number of hydrogen-bond donors (Lipinski definition) is 1. The molecule has 1 saturated heterocycles. The third-order valence-electron chi connectivity index (χ3n) is 3.59. The van der Waals surface area contributed by atoms with E-state index >= 15 is 0 Å². The van der Waals surface area contributed by atoms with Gasteiger partial charge in [0.1, 0.15) is 5.75 Å². The Morgan fingerprint density at radius 2 is 2.17 bits per heavy atom. The molecule has 2 unspecified atom stereocenters. The van der Waals surface area contributed by atoms with Gasteiger partial charge in [0.25, 0.3) is 0 Å². The van der Waals surface area contributed by atoms with Crippen molar-refractivity contribution >= 4 is 0 Å². The number of hydrogen-bond acceptors (Lipinski definition) is 3. The molecule has 100 valence electrons. The van der Waals surface area contributed by atoms with Crippen LogP contribution < -0.4 is 10.5 Å². The van der Waals surface area contributed by atoms with E-state index < -0.39 is 0 Å². The molecule has 1 aliphatic heterocycles. The summed E-state index contributed by atoms with van der Waals surface area (Å²) in [5.74, 6) is 2.04. The third kappa shape index (κ3) is 3.03. The van der Waals surface area contributed by atoms with Crippen LogP contribution in [-0.2, 0) is 0 Å². The van der Waals surface area contributed by atoms with Gasteiger partial charge in [0.2, 0.25) is 0 Å². The number of methoxy groups -OCH3 is 1. The van der Waals surface area contributed by atoms with Crippen molar-refractivity contribution in [1.29, 1.82) is 0 Å². The summed E-state index contributed by atoms with van der Waals surface area (Å²) in [5.41, 5.74) is 7.59. The van der Waals surface area contributed by atoms with Crippen LogP contribution in [0.3, 0.4) is 0 Å². The average Bonchev–Trinajstić information content (AvgIpc) is 2.69. The summed E-state index contributed by atoms with van der Waals surface area (Å²) in [6, 6.07) is 8.54. The Morgan fingerprint density at radius 1 is 1.39 bits per heavy atom. The smallest absolute Gasteiger partial charge is 0.119 e. The van der Waals surface area contributed by atoms with Gasteiger partial charge >= 0.3 is 0 Å². The molecule has 2 N–H and O–H groups in total. The molecule has 0 aliphatic carbocycles. The number of nitrogens with zero attached hydrogens (tertiary/aromatic N) is 1. The van der Waals surface area contributed by atoms with Crippen molar-refractivity contribution in [1.82, 2.24) is 4.90 Å². The predicted octanol–water partition coefficient (Wildman–Crippen LogP) is 2.08. The molecular formula is C15H24N2O. The molecule has 0 radical (unpaired) electrons.